The Kier molecular flexibility index (Phi) is 5.52. The first-order chi connectivity index (χ1) is 9.70. The summed E-state index contributed by atoms with van der Waals surface area (Å²) in [7, 11) is 0. The third kappa shape index (κ3) is 4.03. The van der Waals surface area contributed by atoms with Crippen molar-refractivity contribution in [1.29, 1.82) is 0 Å². The van der Waals surface area contributed by atoms with Gasteiger partial charge in [-0.05, 0) is 18.7 Å². The fraction of sp³-hybridized carbons (Fsp3) is 0.286. The molecule has 1 aromatic heterocycles. The first-order valence-corrected chi connectivity index (χ1v) is 7.67. The SMILES string of the molecule is CCNCCNC(=O)c1csc(-c2cccc(Cl)c2)n1. The van der Waals surface area contributed by atoms with Crippen molar-refractivity contribution < 1.29 is 4.79 Å². The second-order valence-corrected chi connectivity index (χ2v) is 5.45. The molecule has 6 heteroatoms. The number of rotatable bonds is 6. The van der Waals surface area contributed by atoms with E-state index in [-0.39, 0.29) is 5.91 Å². The predicted octanol–water partition coefficient (Wildman–Crippen LogP) is 2.80. The van der Waals surface area contributed by atoms with E-state index in [1.54, 1.807) is 5.38 Å². The number of hydrogen-bond acceptors (Lipinski definition) is 4. The summed E-state index contributed by atoms with van der Waals surface area (Å²) in [6.07, 6.45) is 0. The molecule has 20 heavy (non-hydrogen) atoms. The van der Waals surface area contributed by atoms with Crippen LogP contribution >= 0.6 is 22.9 Å². The standard InChI is InChI=1S/C14H16ClN3OS/c1-2-16-6-7-17-13(19)12-9-20-14(18-12)10-4-3-5-11(15)8-10/h3-5,8-9,16H,2,6-7H2,1H3,(H,17,19). The number of hydrogen-bond donors (Lipinski definition) is 2. The van der Waals surface area contributed by atoms with Crippen LogP contribution in [0.15, 0.2) is 29.6 Å². The van der Waals surface area contributed by atoms with E-state index in [0.29, 0.717) is 17.3 Å². The molecule has 2 N–H and O–H groups in total. The third-order valence-corrected chi connectivity index (χ3v) is 3.77. The molecule has 0 spiro atoms. The Morgan fingerprint density at radius 3 is 3.00 bits per heavy atom. The number of halogens is 1. The number of nitrogens with zero attached hydrogens (tertiary/aromatic N) is 1. The number of nitrogens with one attached hydrogen (secondary N) is 2. The van der Waals surface area contributed by atoms with Gasteiger partial charge in [0.05, 0.1) is 0 Å². The molecule has 0 aliphatic heterocycles. The van der Waals surface area contributed by atoms with Crippen LogP contribution in [0.25, 0.3) is 10.6 Å². The number of aromatic nitrogens is 1. The van der Waals surface area contributed by atoms with Gasteiger partial charge in [0.15, 0.2) is 0 Å². The third-order valence-electron chi connectivity index (χ3n) is 2.65. The van der Waals surface area contributed by atoms with Crippen molar-refractivity contribution in [2.24, 2.45) is 0 Å². The van der Waals surface area contributed by atoms with Crippen LogP contribution in [-0.4, -0.2) is 30.5 Å². The largest absolute Gasteiger partial charge is 0.349 e. The van der Waals surface area contributed by atoms with Gasteiger partial charge < -0.3 is 10.6 Å². The van der Waals surface area contributed by atoms with Crippen molar-refractivity contribution in [2.45, 2.75) is 6.92 Å². The zero-order valence-electron chi connectivity index (χ0n) is 11.1. The van der Waals surface area contributed by atoms with Gasteiger partial charge in [0.25, 0.3) is 5.91 Å². The van der Waals surface area contributed by atoms with E-state index in [2.05, 4.69) is 15.6 Å². The van der Waals surface area contributed by atoms with Gasteiger partial charge in [0.1, 0.15) is 10.7 Å². The lowest BCUT2D eigenvalue weighted by molar-refractivity contribution is 0.0950. The maximum Gasteiger partial charge on any atom is 0.270 e. The molecular weight excluding hydrogens is 294 g/mol. The number of thiazole rings is 1. The van der Waals surface area contributed by atoms with Gasteiger partial charge in [-0.25, -0.2) is 4.98 Å². The number of likely N-dealkylation sites (N-methyl/N-ethyl adjacent to an activating group) is 1. The highest BCUT2D eigenvalue weighted by atomic mass is 35.5. The number of carbonyl (C=O) groups is 1. The van der Waals surface area contributed by atoms with E-state index in [1.807, 2.05) is 31.2 Å². The van der Waals surface area contributed by atoms with Crippen LogP contribution in [-0.2, 0) is 0 Å². The second-order valence-electron chi connectivity index (χ2n) is 4.16. The molecule has 0 aliphatic rings. The molecule has 1 heterocycles. The lowest BCUT2D eigenvalue weighted by Crippen LogP contribution is -2.31. The van der Waals surface area contributed by atoms with Crippen LogP contribution < -0.4 is 10.6 Å². The van der Waals surface area contributed by atoms with Crippen molar-refractivity contribution >= 4 is 28.8 Å². The summed E-state index contributed by atoms with van der Waals surface area (Å²) in [6.45, 7) is 4.27. The molecule has 106 valence electrons. The van der Waals surface area contributed by atoms with Crippen LogP contribution in [0, 0.1) is 0 Å². The van der Waals surface area contributed by atoms with Crippen LogP contribution in [0.2, 0.25) is 5.02 Å². The number of amides is 1. The highest BCUT2D eigenvalue weighted by Gasteiger charge is 2.11. The van der Waals surface area contributed by atoms with Crippen molar-refractivity contribution in [3.05, 3.63) is 40.4 Å². The maximum absolute atomic E-state index is 11.9. The summed E-state index contributed by atoms with van der Waals surface area (Å²) in [5.74, 6) is -0.146. The van der Waals surface area contributed by atoms with Gasteiger partial charge in [0.2, 0.25) is 0 Å². The molecule has 0 bridgehead atoms. The van der Waals surface area contributed by atoms with Gasteiger partial charge in [-0.3, -0.25) is 4.79 Å². The highest BCUT2D eigenvalue weighted by molar-refractivity contribution is 7.13. The fourth-order valence-corrected chi connectivity index (χ4v) is 2.65. The number of benzene rings is 1. The lowest BCUT2D eigenvalue weighted by Gasteiger charge is -2.03. The molecular formula is C14H16ClN3OS. The van der Waals surface area contributed by atoms with Gasteiger partial charge in [-0.15, -0.1) is 11.3 Å². The topological polar surface area (TPSA) is 54.0 Å². The summed E-state index contributed by atoms with van der Waals surface area (Å²) in [5.41, 5.74) is 1.37. The summed E-state index contributed by atoms with van der Waals surface area (Å²) < 4.78 is 0. The molecule has 0 radical (unpaired) electrons. The van der Waals surface area contributed by atoms with Gasteiger partial charge >= 0.3 is 0 Å². The van der Waals surface area contributed by atoms with Gasteiger partial charge in [-0.1, -0.05) is 30.7 Å². The summed E-state index contributed by atoms with van der Waals surface area (Å²) in [4.78, 5) is 16.2. The molecule has 0 atom stereocenters. The zero-order valence-corrected chi connectivity index (χ0v) is 12.7. The molecule has 2 aromatic rings. The number of carbonyl (C=O) groups excluding carboxylic acids is 1. The minimum atomic E-state index is -0.146. The van der Waals surface area contributed by atoms with Crippen molar-refractivity contribution in [3.8, 4) is 10.6 Å². The molecule has 0 aliphatic carbocycles. The van der Waals surface area contributed by atoms with Gasteiger partial charge in [-0.2, -0.15) is 0 Å². The monoisotopic (exact) mass is 309 g/mol. The molecule has 0 fully saturated rings. The minimum absolute atomic E-state index is 0.146. The lowest BCUT2D eigenvalue weighted by atomic mass is 10.2. The van der Waals surface area contributed by atoms with E-state index in [9.17, 15) is 4.79 Å². The molecule has 2 rings (SSSR count). The predicted molar refractivity (Wildman–Crippen MR) is 83.4 cm³/mol. The molecule has 0 unspecified atom stereocenters. The van der Waals surface area contributed by atoms with Crippen LogP contribution in [0.4, 0.5) is 0 Å². The van der Waals surface area contributed by atoms with E-state index in [4.69, 9.17) is 11.6 Å². The van der Waals surface area contributed by atoms with Crippen LogP contribution in [0.1, 0.15) is 17.4 Å². The van der Waals surface area contributed by atoms with Crippen LogP contribution in [0.5, 0.6) is 0 Å². The Balaban J connectivity index is 2.00. The average molecular weight is 310 g/mol. The Morgan fingerprint density at radius 1 is 1.40 bits per heavy atom. The average Bonchev–Trinajstić information content (AvgIpc) is 2.93. The van der Waals surface area contributed by atoms with E-state index < -0.39 is 0 Å². The molecule has 0 saturated carbocycles. The Labute approximate surface area is 127 Å². The highest BCUT2D eigenvalue weighted by Crippen LogP contribution is 2.25. The second kappa shape index (κ2) is 7.38. The summed E-state index contributed by atoms with van der Waals surface area (Å²) in [6, 6.07) is 7.45. The Morgan fingerprint density at radius 2 is 2.25 bits per heavy atom. The van der Waals surface area contributed by atoms with Crippen LogP contribution in [0.3, 0.4) is 0 Å². The first kappa shape index (κ1) is 15.0. The van der Waals surface area contributed by atoms with E-state index >= 15 is 0 Å². The molecule has 1 aromatic carbocycles. The zero-order chi connectivity index (χ0) is 14.4. The quantitative estimate of drug-likeness (QED) is 0.807. The smallest absolute Gasteiger partial charge is 0.270 e. The van der Waals surface area contributed by atoms with Crippen molar-refractivity contribution in [2.75, 3.05) is 19.6 Å². The van der Waals surface area contributed by atoms with Crippen molar-refractivity contribution in [3.63, 3.8) is 0 Å². The molecule has 0 saturated heterocycles. The van der Waals surface area contributed by atoms with E-state index in [1.165, 1.54) is 11.3 Å². The first-order valence-electron chi connectivity index (χ1n) is 6.41. The maximum atomic E-state index is 11.9. The summed E-state index contributed by atoms with van der Waals surface area (Å²) >= 11 is 7.39. The Hall–Kier alpha value is -1.43. The summed E-state index contributed by atoms with van der Waals surface area (Å²) in [5, 5.41) is 9.19. The molecule has 1 amide bonds. The molecule has 4 nitrogen and oxygen atoms in total. The fourth-order valence-electron chi connectivity index (χ4n) is 1.66. The minimum Gasteiger partial charge on any atom is -0.349 e. The Bertz CT molecular complexity index is 585. The van der Waals surface area contributed by atoms with E-state index in [0.717, 1.165) is 23.7 Å². The van der Waals surface area contributed by atoms with Gasteiger partial charge in [0, 0.05) is 29.1 Å². The normalized spacial score (nSPS) is 10.5. The van der Waals surface area contributed by atoms with Crippen molar-refractivity contribution in [1.82, 2.24) is 15.6 Å².